The van der Waals surface area contributed by atoms with E-state index in [2.05, 4.69) is 4.98 Å². The minimum absolute atomic E-state index is 0.331. The first-order valence-electron chi connectivity index (χ1n) is 6.06. The molecule has 1 aromatic heterocycles. The summed E-state index contributed by atoms with van der Waals surface area (Å²) in [5.41, 5.74) is 4.27. The number of aliphatic hydroxyl groups is 1. The van der Waals surface area contributed by atoms with E-state index in [0.717, 1.165) is 11.4 Å². The number of halogens is 1. The quantitative estimate of drug-likeness (QED) is 0.933. The molecule has 19 heavy (non-hydrogen) atoms. The van der Waals surface area contributed by atoms with E-state index < -0.39 is 6.10 Å². The fourth-order valence-corrected chi connectivity index (χ4v) is 2.82. The van der Waals surface area contributed by atoms with Crippen LogP contribution in [0.5, 0.6) is 0 Å². The molecule has 3 nitrogen and oxygen atoms in total. The van der Waals surface area contributed by atoms with Gasteiger partial charge in [-0.05, 0) is 32.0 Å². The second-order valence-electron chi connectivity index (χ2n) is 4.60. The number of aromatic nitrogens is 1. The predicted molar refractivity (Wildman–Crippen MR) is 76.0 cm³/mol. The van der Waals surface area contributed by atoms with Crippen LogP contribution in [-0.4, -0.2) is 17.1 Å². The van der Waals surface area contributed by atoms with E-state index in [4.69, 9.17) is 0 Å². The largest absolute Gasteiger partial charge is 0.389 e. The van der Waals surface area contributed by atoms with E-state index in [1.165, 1.54) is 17.0 Å². The van der Waals surface area contributed by atoms with Crippen molar-refractivity contribution in [3.63, 3.8) is 0 Å². The topological polar surface area (TPSA) is 36.4 Å². The minimum Gasteiger partial charge on any atom is -0.389 e. The molecule has 1 aromatic carbocycles. The van der Waals surface area contributed by atoms with Gasteiger partial charge in [0, 0.05) is 23.2 Å². The Hall–Kier alpha value is -1.46. The van der Waals surface area contributed by atoms with Crippen LogP contribution in [0.25, 0.3) is 0 Å². The molecule has 0 spiro atoms. The van der Waals surface area contributed by atoms with Crippen molar-refractivity contribution in [2.75, 3.05) is 11.9 Å². The Morgan fingerprint density at radius 1 is 1.47 bits per heavy atom. The maximum absolute atomic E-state index is 13.3. The first-order valence-corrected chi connectivity index (χ1v) is 6.94. The van der Waals surface area contributed by atoms with Gasteiger partial charge >= 0.3 is 0 Å². The van der Waals surface area contributed by atoms with Crippen LogP contribution in [0.2, 0.25) is 0 Å². The number of hydrogen-bond donors (Lipinski definition) is 1. The number of aryl methyl sites for hydroxylation is 1. The van der Waals surface area contributed by atoms with E-state index in [9.17, 15) is 9.50 Å². The summed E-state index contributed by atoms with van der Waals surface area (Å²) < 4.78 is 13.3. The van der Waals surface area contributed by atoms with Crippen LogP contribution in [0.15, 0.2) is 23.7 Å². The van der Waals surface area contributed by atoms with Crippen molar-refractivity contribution in [3.8, 4) is 0 Å². The molecule has 0 aliphatic heterocycles. The van der Waals surface area contributed by atoms with Crippen molar-refractivity contribution in [2.24, 2.45) is 0 Å². The van der Waals surface area contributed by atoms with Gasteiger partial charge in [-0.2, -0.15) is 0 Å². The van der Waals surface area contributed by atoms with Gasteiger partial charge in [0.1, 0.15) is 5.82 Å². The van der Waals surface area contributed by atoms with Crippen LogP contribution in [0.1, 0.15) is 29.2 Å². The first-order chi connectivity index (χ1) is 8.99. The molecular formula is C14H17FN2OS. The molecule has 0 saturated carbocycles. The Balaban J connectivity index is 2.28. The summed E-state index contributed by atoms with van der Waals surface area (Å²) >= 11 is 1.60. The number of hydrogen-bond acceptors (Lipinski definition) is 4. The molecule has 1 heterocycles. The molecule has 0 aliphatic rings. The maximum atomic E-state index is 13.3. The standard InChI is InChI=1S/C14H17FN2OS/c1-9-14(19-8-16-9)7-17(3)13-5-4-11(15)6-12(13)10(2)18/h4-6,8,10,18H,7H2,1-3H3/t10-/m1/s1. The Bertz CT molecular complexity index is 568. The van der Waals surface area contributed by atoms with Crippen LogP contribution < -0.4 is 4.90 Å². The summed E-state index contributed by atoms with van der Waals surface area (Å²) in [6, 6.07) is 4.50. The van der Waals surface area contributed by atoms with E-state index in [-0.39, 0.29) is 5.82 Å². The van der Waals surface area contributed by atoms with E-state index in [1.54, 1.807) is 24.3 Å². The van der Waals surface area contributed by atoms with E-state index in [0.29, 0.717) is 12.1 Å². The molecule has 0 bridgehead atoms. The zero-order valence-electron chi connectivity index (χ0n) is 11.2. The highest BCUT2D eigenvalue weighted by Crippen LogP contribution is 2.28. The third-order valence-corrected chi connectivity index (χ3v) is 4.00. The van der Waals surface area contributed by atoms with Gasteiger partial charge in [0.05, 0.1) is 23.9 Å². The lowest BCUT2D eigenvalue weighted by molar-refractivity contribution is 0.199. The monoisotopic (exact) mass is 280 g/mol. The van der Waals surface area contributed by atoms with Crippen molar-refractivity contribution < 1.29 is 9.50 Å². The van der Waals surface area contributed by atoms with Crippen molar-refractivity contribution in [3.05, 3.63) is 45.7 Å². The lowest BCUT2D eigenvalue weighted by atomic mass is 10.1. The number of anilines is 1. The molecule has 0 saturated heterocycles. The zero-order chi connectivity index (χ0) is 14.0. The lowest BCUT2D eigenvalue weighted by Gasteiger charge is -2.23. The van der Waals surface area contributed by atoms with Crippen molar-refractivity contribution in [1.29, 1.82) is 0 Å². The first kappa shape index (κ1) is 14.0. The van der Waals surface area contributed by atoms with Gasteiger partial charge in [0.2, 0.25) is 0 Å². The van der Waals surface area contributed by atoms with Crippen LogP contribution in [-0.2, 0) is 6.54 Å². The molecule has 0 unspecified atom stereocenters. The third kappa shape index (κ3) is 3.11. The van der Waals surface area contributed by atoms with Crippen molar-refractivity contribution >= 4 is 17.0 Å². The SMILES string of the molecule is Cc1ncsc1CN(C)c1ccc(F)cc1[C@@H](C)O. The smallest absolute Gasteiger partial charge is 0.123 e. The van der Waals surface area contributed by atoms with Crippen molar-refractivity contribution in [2.45, 2.75) is 26.5 Å². The molecule has 5 heteroatoms. The van der Waals surface area contributed by atoms with Gasteiger partial charge < -0.3 is 10.0 Å². The summed E-state index contributed by atoms with van der Waals surface area (Å²) in [4.78, 5) is 7.39. The van der Waals surface area contributed by atoms with Crippen LogP contribution >= 0.6 is 11.3 Å². The lowest BCUT2D eigenvalue weighted by Crippen LogP contribution is -2.18. The molecule has 2 aromatic rings. The third-order valence-electron chi connectivity index (χ3n) is 3.08. The van der Waals surface area contributed by atoms with E-state index in [1.807, 2.05) is 24.4 Å². The average Bonchev–Trinajstić information content (AvgIpc) is 2.74. The molecular weight excluding hydrogens is 263 g/mol. The van der Waals surface area contributed by atoms with Gasteiger partial charge in [0.25, 0.3) is 0 Å². The molecule has 1 atom stereocenters. The van der Waals surface area contributed by atoms with Crippen LogP contribution in [0.4, 0.5) is 10.1 Å². The Kier molecular flexibility index (Phi) is 4.17. The van der Waals surface area contributed by atoms with Gasteiger partial charge in [-0.25, -0.2) is 9.37 Å². The summed E-state index contributed by atoms with van der Waals surface area (Å²) in [5.74, 6) is -0.331. The second-order valence-corrected chi connectivity index (χ2v) is 5.54. The molecule has 2 rings (SSSR count). The fourth-order valence-electron chi connectivity index (χ4n) is 1.99. The fraction of sp³-hybridized carbons (Fsp3) is 0.357. The summed E-state index contributed by atoms with van der Waals surface area (Å²) in [5, 5.41) is 9.76. The van der Waals surface area contributed by atoms with Crippen molar-refractivity contribution in [1.82, 2.24) is 4.98 Å². The molecule has 0 fully saturated rings. The molecule has 0 amide bonds. The normalized spacial score (nSPS) is 12.5. The Labute approximate surface area is 116 Å². The van der Waals surface area contributed by atoms with Gasteiger partial charge in [0.15, 0.2) is 0 Å². The van der Waals surface area contributed by atoms with Crippen LogP contribution in [0.3, 0.4) is 0 Å². The van der Waals surface area contributed by atoms with E-state index >= 15 is 0 Å². The number of thiazole rings is 1. The number of benzene rings is 1. The minimum atomic E-state index is -0.698. The number of rotatable bonds is 4. The highest BCUT2D eigenvalue weighted by Gasteiger charge is 2.14. The second kappa shape index (κ2) is 5.67. The van der Waals surface area contributed by atoms with Gasteiger partial charge in [-0.1, -0.05) is 0 Å². The molecule has 0 radical (unpaired) electrons. The highest BCUT2D eigenvalue weighted by atomic mass is 32.1. The van der Waals surface area contributed by atoms with Gasteiger partial charge in [-0.3, -0.25) is 0 Å². The van der Waals surface area contributed by atoms with Crippen LogP contribution in [0, 0.1) is 12.7 Å². The molecule has 102 valence electrons. The number of nitrogens with zero attached hydrogens (tertiary/aromatic N) is 2. The Morgan fingerprint density at radius 3 is 2.79 bits per heavy atom. The maximum Gasteiger partial charge on any atom is 0.123 e. The molecule has 1 N–H and O–H groups in total. The average molecular weight is 280 g/mol. The predicted octanol–water partition coefficient (Wildman–Crippen LogP) is 3.28. The molecule has 0 aliphatic carbocycles. The highest BCUT2D eigenvalue weighted by molar-refractivity contribution is 7.09. The number of aliphatic hydroxyl groups excluding tert-OH is 1. The zero-order valence-corrected chi connectivity index (χ0v) is 12.0. The Morgan fingerprint density at radius 2 is 2.21 bits per heavy atom. The summed E-state index contributed by atoms with van der Waals surface area (Å²) in [6.07, 6.45) is -0.698. The summed E-state index contributed by atoms with van der Waals surface area (Å²) in [7, 11) is 1.93. The van der Waals surface area contributed by atoms with Gasteiger partial charge in [-0.15, -0.1) is 11.3 Å². The summed E-state index contributed by atoms with van der Waals surface area (Å²) in [6.45, 7) is 4.31.